The van der Waals surface area contributed by atoms with E-state index in [1.165, 1.54) is 12.1 Å². The minimum Gasteiger partial charge on any atom is -0.494 e. The molecule has 0 fully saturated rings. The first-order valence-corrected chi connectivity index (χ1v) is 6.47. The van der Waals surface area contributed by atoms with E-state index in [2.05, 4.69) is 5.32 Å². The number of hydrogen-bond donors (Lipinski definition) is 1. The van der Waals surface area contributed by atoms with Crippen LogP contribution in [0.2, 0.25) is 0 Å². The predicted molar refractivity (Wildman–Crippen MR) is 76.2 cm³/mol. The smallest absolute Gasteiger partial charge is 0.224 e. The molecule has 2 aromatic rings. The number of benzene rings is 2. The third kappa shape index (κ3) is 4.72. The maximum atomic E-state index is 12.7. The molecule has 0 aliphatic rings. The van der Waals surface area contributed by atoms with E-state index in [0.717, 1.165) is 5.69 Å². The Morgan fingerprint density at radius 3 is 2.45 bits per heavy atom. The Morgan fingerprint density at radius 2 is 1.75 bits per heavy atom. The molecule has 0 atom stereocenters. The maximum Gasteiger partial charge on any atom is 0.224 e. The molecule has 0 unspecified atom stereocenters. The molecule has 0 radical (unpaired) electrons. The Morgan fingerprint density at radius 1 is 1.05 bits per heavy atom. The van der Waals surface area contributed by atoms with Crippen LogP contribution in [0.4, 0.5) is 10.1 Å². The van der Waals surface area contributed by atoms with Crippen molar-refractivity contribution < 1.29 is 13.9 Å². The summed E-state index contributed by atoms with van der Waals surface area (Å²) in [6.07, 6.45) is 0.992. The number of carbonyl (C=O) groups excluding carboxylic acids is 1. The molecule has 0 aliphatic carbocycles. The van der Waals surface area contributed by atoms with Crippen LogP contribution < -0.4 is 10.1 Å². The van der Waals surface area contributed by atoms with Gasteiger partial charge in [-0.15, -0.1) is 0 Å². The van der Waals surface area contributed by atoms with Crippen LogP contribution in [0, 0.1) is 5.82 Å². The molecule has 20 heavy (non-hydrogen) atoms. The zero-order valence-corrected chi connectivity index (χ0v) is 11.0. The summed E-state index contributed by atoms with van der Waals surface area (Å²) >= 11 is 0. The summed E-state index contributed by atoms with van der Waals surface area (Å²) in [6, 6.07) is 15.1. The van der Waals surface area contributed by atoms with E-state index in [1.54, 1.807) is 12.1 Å². The number of halogens is 1. The Hall–Kier alpha value is -2.36. The molecule has 0 heterocycles. The van der Waals surface area contributed by atoms with Gasteiger partial charge in [-0.2, -0.15) is 0 Å². The van der Waals surface area contributed by atoms with Gasteiger partial charge in [0.05, 0.1) is 6.61 Å². The number of para-hydroxylation sites is 1. The summed E-state index contributed by atoms with van der Waals surface area (Å²) in [4.78, 5) is 11.7. The molecule has 0 spiro atoms. The molecule has 2 rings (SSSR count). The lowest BCUT2D eigenvalue weighted by Crippen LogP contribution is -2.12. The number of ether oxygens (including phenoxy) is 1. The van der Waals surface area contributed by atoms with Crippen molar-refractivity contribution in [3.63, 3.8) is 0 Å². The number of nitrogens with one attached hydrogen (secondary N) is 1. The van der Waals surface area contributed by atoms with Crippen LogP contribution in [-0.4, -0.2) is 12.5 Å². The Labute approximate surface area is 117 Å². The molecule has 4 heteroatoms. The largest absolute Gasteiger partial charge is 0.494 e. The highest BCUT2D eigenvalue weighted by molar-refractivity contribution is 5.90. The molecule has 0 aromatic heterocycles. The second kappa shape index (κ2) is 7.28. The highest BCUT2D eigenvalue weighted by atomic mass is 19.1. The van der Waals surface area contributed by atoms with Crippen molar-refractivity contribution in [1.29, 1.82) is 0 Å². The van der Waals surface area contributed by atoms with E-state index in [-0.39, 0.29) is 11.7 Å². The summed E-state index contributed by atoms with van der Waals surface area (Å²) in [5.74, 6) is 0.272. The zero-order valence-electron chi connectivity index (χ0n) is 11.0. The summed E-state index contributed by atoms with van der Waals surface area (Å²) in [7, 11) is 0. The van der Waals surface area contributed by atoms with Crippen LogP contribution in [0.3, 0.4) is 0 Å². The number of amides is 1. The quantitative estimate of drug-likeness (QED) is 0.816. The molecule has 0 saturated carbocycles. The van der Waals surface area contributed by atoms with Crippen LogP contribution in [0.15, 0.2) is 54.6 Å². The van der Waals surface area contributed by atoms with Crippen molar-refractivity contribution in [2.75, 3.05) is 11.9 Å². The highest BCUT2D eigenvalue weighted by Crippen LogP contribution is 2.12. The molecule has 1 N–H and O–H groups in total. The van der Waals surface area contributed by atoms with Gasteiger partial charge in [0.15, 0.2) is 0 Å². The molecule has 104 valence electrons. The molecule has 1 amide bonds. The highest BCUT2D eigenvalue weighted by Gasteiger charge is 2.02. The first-order valence-electron chi connectivity index (χ1n) is 6.47. The summed E-state index contributed by atoms with van der Waals surface area (Å²) in [5, 5.41) is 2.80. The first-order chi connectivity index (χ1) is 9.74. The second-order valence-electron chi connectivity index (χ2n) is 4.32. The molecule has 0 aliphatic heterocycles. The lowest BCUT2D eigenvalue weighted by atomic mass is 10.2. The van der Waals surface area contributed by atoms with Gasteiger partial charge in [-0.3, -0.25) is 4.79 Å². The Balaban J connectivity index is 1.66. The third-order valence-electron chi connectivity index (χ3n) is 2.69. The van der Waals surface area contributed by atoms with Crippen molar-refractivity contribution >= 4 is 11.6 Å². The van der Waals surface area contributed by atoms with Gasteiger partial charge in [0.25, 0.3) is 0 Å². The van der Waals surface area contributed by atoms with Crippen molar-refractivity contribution in [2.24, 2.45) is 0 Å². The summed E-state index contributed by atoms with van der Waals surface area (Å²) < 4.78 is 18.1. The third-order valence-corrected chi connectivity index (χ3v) is 2.69. The van der Waals surface area contributed by atoms with Crippen LogP contribution >= 0.6 is 0 Å². The molecular weight excluding hydrogens is 257 g/mol. The molecule has 2 aromatic carbocycles. The number of carbonyl (C=O) groups is 1. The van der Waals surface area contributed by atoms with Crippen LogP contribution in [0.25, 0.3) is 0 Å². The average molecular weight is 273 g/mol. The molecule has 0 saturated heterocycles. The first kappa shape index (κ1) is 14.1. The monoisotopic (exact) mass is 273 g/mol. The number of rotatable bonds is 6. The van der Waals surface area contributed by atoms with Gasteiger partial charge >= 0.3 is 0 Å². The predicted octanol–water partition coefficient (Wildman–Crippen LogP) is 3.62. The average Bonchev–Trinajstić information content (AvgIpc) is 2.46. The van der Waals surface area contributed by atoms with Crippen molar-refractivity contribution in [3.05, 3.63) is 60.4 Å². The minimum absolute atomic E-state index is 0.0427. The van der Waals surface area contributed by atoms with Crippen molar-refractivity contribution in [2.45, 2.75) is 12.8 Å². The van der Waals surface area contributed by atoms with Crippen LogP contribution in [-0.2, 0) is 4.79 Å². The van der Waals surface area contributed by atoms with E-state index in [0.29, 0.717) is 25.2 Å². The minimum atomic E-state index is -0.292. The second-order valence-corrected chi connectivity index (χ2v) is 4.32. The lowest BCUT2D eigenvalue weighted by Gasteiger charge is -2.07. The molecule has 3 nitrogen and oxygen atoms in total. The summed E-state index contributed by atoms with van der Waals surface area (Å²) in [6.45, 7) is 0.424. The topological polar surface area (TPSA) is 38.3 Å². The standard InChI is InChI=1S/C16H16FNO2/c17-13-8-10-15(11-9-13)20-12-4-7-16(19)18-14-5-2-1-3-6-14/h1-3,5-6,8-11H,4,7,12H2,(H,18,19). The van der Waals surface area contributed by atoms with Crippen molar-refractivity contribution in [1.82, 2.24) is 0 Å². The van der Waals surface area contributed by atoms with Gasteiger partial charge in [-0.1, -0.05) is 18.2 Å². The SMILES string of the molecule is O=C(CCCOc1ccc(F)cc1)Nc1ccccc1. The van der Waals surface area contributed by atoms with Crippen molar-refractivity contribution in [3.8, 4) is 5.75 Å². The Kier molecular flexibility index (Phi) is 5.12. The zero-order chi connectivity index (χ0) is 14.2. The molecular formula is C16H16FNO2. The normalized spacial score (nSPS) is 10.1. The summed E-state index contributed by atoms with van der Waals surface area (Å²) in [5.41, 5.74) is 0.789. The van der Waals surface area contributed by atoms with E-state index in [9.17, 15) is 9.18 Å². The van der Waals surface area contributed by atoms with Gasteiger partial charge in [0.2, 0.25) is 5.91 Å². The fourth-order valence-electron chi connectivity index (χ4n) is 1.70. The lowest BCUT2D eigenvalue weighted by molar-refractivity contribution is -0.116. The number of hydrogen-bond acceptors (Lipinski definition) is 2. The van der Waals surface area contributed by atoms with Gasteiger partial charge in [0.1, 0.15) is 11.6 Å². The van der Waals surface area contributed by atoms with E-state index >= 15 is 0 Å². The van der Waals surface area contributed by atoms with E-state index in [1.807, 2.05) is 30.3 Å². The van der Waals surface area contributed by atoms with Gasteiger partial charge in [-0.05, 0) is 42.8 Å². The fraction of sp³-hybridized carbons (Fsp3) is 0.188. The molecule has 0 bridgehead atoms. The van der Waals surface area contributed by atoms with Crippen LogP contribution in [0.5, 0.6) is 5.75 Å². The Bertz CT molecular complexity index is 540. The van der Waals surface area contributed by atoms with Gasteiger partial charge < -0.3 is 10.1 Å². The van der Waals surface area contributed by atoms with Crippen LogP contribution in [0.1, 0.15) is 12.8 Å². The number of anilines is 1. The van der Waals surface area contributed by atoms with E-state index < -0.39 is 0 Å². The van der Waals surface area contributed by atoms with Gasteiger partial charge in [-0.25, -0.2) is 4.39 Å². The van der Waals surface area contributed by atoms with E-state index in [4.69, 9.17) is 4.74 Å². The van der Waals surface area contributed by atoms with Gasteiger partial charge in [0, 0.05) is 12.1 Å². The maximum absolute atomic E-state index is 12.7. The fourth-order valence-corrected chi connectivity index (χ4v) is 1.70.